The number of nitrogens with one attached hydrogen (secondary N) is 2. The van der Waals surface area contributed by atoms with Crippen LogP contribution in [0.1, 0.15) is 51.6 Å². The molecule has 0 spiro atoms. The summed E-state index contributed by atoms with van der Waals surface area (Å²) in [5.41, 5.74) is 1.77. The SMILES string of the molecule is CCC(Sc1cccc(NC(=O)c2ccco2)c1)C(=O)Nc1sc2c(c1C(=O)OC)CCN(C(C)=O)C2. The number of ether oxygens (including phenoxy) is 1. The number of anilines is 2. The minimum atomic E-state index is -0.509. The number of thiophene rings is 1. The fourth-order valence-electron chi connectivity index (χ4n) is 4.00. The number of esters is 1. The Morgan fingerprint density at radius 3 is 2.68 bits per heavy atom. The molecule has 194 valence electrons. The maximum Gasteiger partial charge on any atom is 0.341 e. The number of fused-ring (bicyclic) bond motifs is 1. The van der Waals surface area contributed by atoms with Gasteiger partial charge in [-0.25, -0.2) is 4.79 Å². The molecular weight excluding hydrogens is 514 g/mol. The van der Waals surface area contributed by atoms with Crippen LogP contribution in [0.5, 0.6) is 0 Å². The lowest BCUT2D eigenvalue weighted by atomic mass is 10.0. The van der Waals surface area contributed by atoms with Gasteiger partial charge in [-0.1, -0.05) is 13.0 Å². The Kier molecular flexibility index (Phi) is 8.34. The van der Waals surface area contributed by atoms with Gasteiger partial charge in [0.1, 0.15) is 5.00 Å². The average Bonchev–Trinajstić information content (AvgIpc) is 3.54. The van der Waals surface area contributed by atoms with Crippen molar-refractivity contribution in [2.45, 2.75) is 43.4 Å². The van der Waals surface area contributed by atoms with Crippen LogP contribution in [-0.4, -0.2) is 47.5 Å². The first-order chi connectivity index (χ1) is 17.8. The maximum absolute atomic E-state index is 13.3. The van der Waals surface area contributed by atoms with E-state index in [-0.39, 0.29) is 23.5 Å². The molecule has 0 saturated carbocycles. The second kappa shape index (κ2) is 11.7. The molecule has 0 fully saturated rings. The number of thioether (sulfide) groups is 1. The second-order valence-corrected chi connectivity index (χ2v) is 10.7. The minimum Gasteiger partial charge on any atom is -0.465 e. The summed E-state index contributed by atoms with van der Waals surface area (Å²) in [5.74, 6) is -0.948. The molecule has 2 N–H and O–H groups in total. The second-order valence-electron chi connectivity index (χ2n) is 8.35. The summed E-state index contributed by atoms with van der Waals surface area (Å²) in [6.07, 6.45) is 2.49. The van der Waals surface area contributed by atoms with Crippen LogP contribution in [0, 0.1) is 0 Å². The van der Waals surface area contributed by atoms with Crippen LogP contribution >= 0.6 is 23.1 Å². The zero-order valence-electron chi connectivity index (χ0n) is 20.7. The first-order valence-corrected chi connectivity index (χ1v) is 13.4. The monoisotopic (exact) mass is 541 g/mol. The number of nitrogens with zero attached hydrogens (tertiary/aromatic N) is 1. The van der Waals surface area contributed by atoms with Crippen molar-refractivity contribution in [1.29, 1.82) is 0 Å². The van der Waals surface area contributed by atoms with E-state index in [1.807, 2.05) is 13.0 Å². The maximum atomic E-state index is 13.3. The van der Waals surface area contributed by atoms with Gasteiger partial charge in [-0.3, -0.25) is 14.4 Å². The molecule has 0 radical (unpaired) electrons. The topological polar surface area (TPSA) is 118 Å². The lowest BCUT2D eigenvalue weighted by molar-refractivity contribution is -0.129. The quantitative estimate of drug-likeness (QED) is 0.311. The molecule has 1 unspecified atom stereocenters. The first-order valence-electron chi connectivity index (χ1n) is 11.7. The molecule has 37 heavy (non-hydrogen) atoms. The third-order valence-corrected chi connectivity index (χ3v) is 8.40. The van der Waals surface area contributed by atoms with Crippen molar-refractivity contribution < 1.29 is 28.3 Å². The van der Waals surface area contributed by atoms with Gasteiger partial charge in [0.05, 0.1) is 30.7 Å². The first kappa shape index (κ1) is 26.5. The van der Waals surface area contributed by atoms with Crippen LogP contribution < -0.4 is 10.6 Å². The van der Waals surface area contributed by atoms with Crippen molar-refractivity contribution in [3.63, 3.8) is 0 Å². The molecule has 1 aromatic carbocycles. The normalized spacial score (nSPS) is 13.4. The number of amides is 3. The predicted octanol–water partition coefficient (Wildman–Crippen LogP) is 4.79. The molecule has 11 heteroatoms. The molecule has 0 aliphatic carbocycles. The smallest absolute Gasteiger partial charge is 0.341 e. The number of carbonyl (C=O) groups excluding carboxylic acids is 4. The lowest BCUT2D eigenvalue weighted by Gasteiger charge is -2.25. The Morgan fingerprint density at radius 1 is 1.19 bits per heavy atom. The standard InChI is InChI=1S/C26H27N3O6S2/c1-4-20(36-17-8-5-7-16(13-17)27-23(31)19-9-6-12-35-19)24(32)28-25-22(26(33)34-3)18-10-11-29(15(2)30)14-21(18)37-25/h5-9,12-13,20H,4,10-11,14H2,1-3H3,(H,27,31)(H,28,32). The molecule has 0 saturated heterocycles. The van der Waals surface area contributed by atoms with E-state index in [4.69, 9.17) is 9.15 Å². The minimum absolute atomic E-state index is 0.0331. The van der Waals surface area contributed by atoms with Gasteiger partial charge >= 0.3 is 5.97 Å². The predicted molar refractivity (Wildman–Crippen MR) is 142 cm³/mol. The van der Waals surface area contributed by atoms with Crippen molar-refractivity contribution in [3.8, 4) is 0 Å². The largest absolute Gasteiger partial charge is 0.465 e. The number of rotatable bonds is 8. The van der Waals surface area contributed by atoms with Crippen molar-refractivity contribution in [2.24, 2.45) is 0 Å². The summed E-state index contributed by atoms with van der Waals surface area (Å²) in [6, 6.07) is 10.4. The summed E-state index contributed by atoms with van der Waals surface area (Å²) in [6.45, 7) is 4.34. The van der Waals surface area contributed by atoms with Crippen molar-refractivity contribution in [1.82, 2.24) is 4.90 Å². The van der Waals surface area contributed by atoms with E-state index in [1.54, 1.807) is 35.2 Å². The van der Waals surface area contributed by atoms with Gasteiger partial charge in [0.15, 0.2) is 5.76 Å². The van der Waals surface area contributed by atoms with Gasteiger partial charge in [0, 0.05) is 28.9 Å². The Morgan fingerprint density at radius 2 is 2.00 bits per heavy atom. The van der Waals surface area contributed by atoms with E-state index in [2.05, 4.69) is 10.6 Å². The lowest BCUT2D eigenvalue weighted by Crippen LogP contribution is -2.34. The third-order valence-electron chi connectivity index (χ3n) is 5.91. The fourth-order valence-corrected chi connectivity index (χ4v) is 6.27. The molecule has 3 heterocycles. The number of carbonyl (C=O) groups is 4. The molecule has 3 amide bonds. The molecular formula is C26H27N3O6S2. The summed E-state index contributed by atoms with van der Waals surface area (Å²) in [5, 5.41) is 5.71. The van der Waals surface area contributed by atoms with E-state index >= 15 is 0 Å². The van der Waals surface area contributed by atoms with E-state index < -0.39 is 11.2 Å². The van der Waals surface area contributed by atoms with Gasteiger partial charge in [-0.05, 0) is 48.7 Å². The van der Waals surface area contributed by atoms with Gasteiger partial charge in [-0.2, -0.15) is 0 Å². The van der Waals surface area contributed by atoms with Crippen LogP contribution in [0.3, 0.4) is 0 Å². The van der Waals surface area contributed by atoms with E-state index in [1.165, 1.54) is 43.4 Å². The van der Waals surface area contributed by atoms with Crippen LogP contribution in [0.25, 0.3) is 0 Å². The number of methoxy groups -OCH3 is 1. The third kappa shape index (κ3) is 6.05. The number of hydrogen-bond donors (Lipinski definition) is 2. The Balaban J connectivity index is 1.49. The summed E-state index contributed by atoms with van der Waals surface area (Å²) in [7, 11) is 1.31. The van der Waals surface area contributed by atoms with E-state index in [9.17, 15) is 19.2 Å². The molecule has 1 aliphatic heterocycles. The summed E-state index contributed by atoms with van der Waals surface area (Å²) >= 11 is 2.67. The Bertz CT molecular complexity index is 1320. The number of benzene rings is 1. The summed E-state index contributed by atoms with van der Waals surface area (Å²) < 4.78 is 10.1. The van der Waals surface area contributed by atoms with Gasteiger partial charge < -0.3 is 24.7 Å². The van der Waals surface area contributed by atoms with Crippen LogP contribution in [-0.2, 0) is 27.3 Å². The van der Waals surface area contributed by atoms with Crippen LogP contribution in [0.2, 0.25) is 0 Å². The molecule has 3 aromatic rings. The fraction of sp³-hybridized carbons (Fsp3) is 0.308. The zero-order valence-corrected chi connectivity index (χ0v) is 22.3. The molecule has 0 bridgehead atoms. The van der Waals surface area contributed by atoms with Crippen molar-refractivity contribution in [3.05, 3.63) is 64.4 Å². The number of furan rings is 1. The Labute approximate surface area is 222 Å². The number of hydrogen-bond acceptors (Lipinski definition) is 8. The van der Waals surface area contributed by atoms with Crippen LogP contribution in [0.15, 0.2) is 52.0 Å². The van der Waals surface area contributed by atoms with Gasteiger partial charge in [0.2, 0.25) is 11.8 Å². The molecule has 9 nitrogen and oxygen atoms in total. The van der Waals surface area contributed by atoms with Crippen molar-refractivity contribution >= 4 is 57.5 Å². The van der Waals surface area contributed by atoms with Gasteiger partial charge in [0.25, 0.3) is 5.91 Å². The average molecular weight is 542 g/mol. The molecule has 1 aliphatic rings. The molecule has 2 aromatic heterocycles. The highest BCUT2D eigenvalue weighted by Gasteiger charge is 2.31. The van der Waals surface area contributed by atoms with E-state index in [0.717, 1.165) is 15.3 Å². The Hall–Kier alpha value is -3.57. The van der Waals surface area contributed by atoms with Gasteiger partial charge in [-0.15, -0.1) is 23.1 Å². The van der Waals surface area contributed by atoms with Crippen molar-refractivity contribution in [2.75, 3.05) is 24.3 Å². The molecule has 1 atom stereocenters. The van der Waals surface area contributed by atoms with E-state index in [0.29, 0.717) is 42.2 Å². The highest BCUT2D eigenvalue weighted by Crippen LogP contribution is 2.38. The highest BCUT2D eigenvalue weighted by molar-refractivity contribution is 8.00. The zero-order chi connectivity index (χ0) is 26.5. The van der Waals surface area contributed by atoms with Crippen LogP contribution in [0.4, 0.5) is 10.7 Å². The summed E-state index contributed by atoms with van der Waals surface area (Å²) in [4.78, 5) is 53.4. The molecule has 4 rings (SSSR count). The highest BCUT2D eigenvalue weighted by atomic mass is 32.2.